The zero-order valence-electron chi connectivity index (χ0n) is 14.4. The maximum absolute atomic E-state index is 12.8. The SMILES string of the molecule is CC(C(=O)NC(CC1CCOC1)c1ccccc1)N1CCSCC1. The molecule has 24 heavy (non-hydrogen) atoms. The largest absolute Gasteiger partial charge is 0.381 e. The van der Waals surface area contributed by atoms with Crippen LogP contribution in [-0.4, -0.2) is 54.7 Å². The standard InChI is InChI=1S/C19H28N2O2S/c1-15(21-8-11-24-12-9-21)19(22)20-18(13-16-7-10-23-14-16)17-5-3-2-4-6-17/h2-6,15-16,18H,7-14H2,1H3,(H,20,22). The Morgan fingerprint density at radius 3 is 2.75 bits per heavy atom. The van der Waals surface area contributed by atoms with Crippen molar-refractivity contribution >= 4 is 17.7 Å². The number of amides is 1. The molecule has 0 aromatic heterocycles. The molecule has 2 aliphatic rings. The normalized spacial score (nSPS) is 24.5. The van der Waals surface area contributed by atoms with Crippen LogP contribution in [0.1, 0.15) is 31.4 Å². The van der Waals surface area contributed by atoms with Gasteiger partial charge in [-0.25, -0.2) is 0 Å². The molecule has 0 bridgehead atoms. The van der Waals surface area contributed by atoms with Crippen LogP contribution in [-0.2, 0) is 9.53 Å². The van der Waals surface area contributed by atoms with Gasteiger partial charge in [0.1, 0.15) is 0 Å². The van der Waals surface area contributed by atoms with Crippen molar-refractivity contribution in [3.05, 3.63) is 35.9 Å². The number of hydrogen-bond acceptors (Lipinski definition) is 4. The summed E-state index contributed by atoms with van der Waals surface area (Å²) in [6, 6.07) is 10.4. The lowest BCUT2D eigenvalue weighted by molar-refractivity contribution is -0.126. The highest BCUT2D eigenvalue weighted by atomic mass is 32.2. The van der Waals surface area contributed by atoms with Gasteiger partial charge in [-0.3, -0.25) is 9.69 Å². The molecule has 1 N–H and O–H groups in total. The van der Waals surface area contributed by atoms with Crippen molar-refractivity contribution in [1.29, 1.82) is 0 Å². The Morgan fingerprint density at radius 1 is 1.33 bits per heavy atom. The van der Waals surface area contributed by atoms with Crippen LogP contribution in [0, 0.1) is 5.92 Å². The van der Waals surface area contributed by atoms with E-state index in [1.807, 2.05) is 36.9 Å². The molecule has 1 aromatic carbocycles. The van der Waals surface area contributed by atoms with Gasteiger partial charge in [0.05, 0.1) is 12.1 Å². The van der Waals surface area contributed by atoms with Crippen molar-refractivity contribution < 1.29 is 9.53 Å². The average molecular weight is 349 g/mol. The Labute approximate surface area is 149 Å². The first-order valence-corrected chi connectivity index (χ1v) is 10.1. The summed E-state index contributed by atoms with van der Waals surface area (Å²) in [5, 5.41) is 3.31. The summed E-state index contributed by atoms with van der Waals surface area (Å²) in [4.78, 5) is 15.1. The van der Waals surface area contributed by atoms with Gasteiger partial charge < -0.3 is 10.1 Å². The number of nitrogens with zero attached hydrogens (tertiary/aromatic N) is 1. The van der Waals surface area contributed by atoms with Crippen molar-refractivity contribution in [2.75, 3.05) is 37.8 Å². The predicted molar refractivity (Wildman–Crippen MR) is 99.2 cm³/mol. The van der Waals surface area contributed by atoms with E-state index in [2.05, 4.69) is 22.3 Å². The summed E-state index contributed by atoms with van der Waals surface area (Å²) in [5.41, 5.74) is 1.19. The van der Waals surface area contributed by atoms with Gasteiger partial charge in [0.15, 0.2) is 0 Å². The fourth-order valence-corrected chi connectivity index (χ4v) is 4.42. The fraction of sp³-hybridized carbons (Fsp3) is 0.632. The van der Waals surface area contributed by atoms with Gasteiger partial charge in [-0.15, -0.1) is 0 Å². The van der Waals surface area contributed by atoms with Crippen molar-refractivity contribution in [1.82, 2.24) is 10.2 Å². The highest BCUT2D eigenvalue weighted by Gasteiger charge is 2.27. The highest BCUT2D eigenvalue weighted by Crippen LogP contribution is 2.27. The van der Waals surface area contributed by atoms with E-state index in [1.165, 1.54) is 5.56 Å². The third-order valence-corrected chi connectivity index (χ3v) is 6.03. The number of thioether (sulfide) groups is 1. The van der Waals surface area contributed by atoms with Crippen molar-refractivity contribution in [2.45, 2.75) is 31.8 Å². The lowest BCUT2D eigenvalue weighted by atomic mass is 9.94. The summed E-state index contributed by atoms with van der Waals surface area (Å²) < 4.78 is 5.52. The maximum atomic E-state index is 12.8. The Morgan fingerprint density at radius 2 is 2.08 bits per heavy atom. The van der Waals surface area contributed by atoms with Crippen LogP contribution in [0.25, 0.3) is 0 Å². The summed E-state index contributed by atoms with van der Waals surface area (Å²) in [7, 11) is 0. The van der Waals surface area contributed by atoms with Crippen LogP contribution in [0.15, 0.2) is 30.3 Å². The van der Waals surface area contributed by atoms with Gasteiger partial charge >= 0.3 is 0 Å². The molecular weight excluding hydrogens is 320 g/mol. The van der Waals surface area contributed by atoms with Gasteiger partial charge in [-0.2, -0.15) is 11.8 Å². The predicted octanol–water partition coefficient (Wildman–Crippen LogP) is 2.71. The summed E-state index contributed by atoms with van der Waals surface area (Å²) in [5.74, 6) is 2.94. The van der Waals surface area contributed by atoms with Crippen LogP contribution < -0.4 is 5.32 Å². The molecule has 1 aromatic rings. The molecule has 2 aliphatic heterocycles. The lowest BCUT2D eigenvalue weighted by Crippen LogP contribution is -2.49. The quantitative estimate of drug-likeness (QED) is 0.858. The Kier molecular flexibility index (Phi) is 6.58. The molecule has 1 amide bonds. The van der Waals surface area contributed by atoms with Gasteiger partial charge in [0.25, 0.3) is 0 Å². The van der Waals surface area contributed by atoms with E-state index in [-0.39, 0.29) is 18.0 Å². The topological polar surface area (TPSA) is 41.6 Å². The minimum absolute atomic E-state index is 0.0584. The molecule has 5 heteroatoms. The molecule has 3 atom stereocenters. The number of rotatable bonds is 6. The van der Waals surface area contributed by atoms with E-state index >= 15 is 0 Å². The number of benzene rings is 1. The third-order valence-electron chi connectivity index (χ3n) is 5.08. The Bertz CT molecular complexity index is 513. The Hall–Kier alpha value is -1.04. The number of ether oxygens (including phenoxy) is 1. The van der Waals surface area contributed by atoms with Gasteiger partial charge in [0.2, 0.25) is 5.91 Å². The molecule has 4 nitrogen and oxygen atoms in total. The van der Waals surface area contributed by atoms with Crippen LogP contribution >= 0.6 is 11.8 Å². The highest BCUT2D eigenvalue weighted by molar-refractivity contribution is 7.99. The Balaban J connectivity index is 1.64. The molecule has 2 saturated heterocycles. The van der Waals surface area contributed by atoms with E-state index in [4.69, 9.17) is 4.74 Å². The second kappa shape index (κ2) is 8.88. The second-order valence-corrected chi connectivity index (χ2v) is 7.99. The van der Waals surface area contributed by atoms with E-state index in [0.29, 0.717) is 5.92 Å². The zero-order chi connectivity index (χ0) is 16.8. The minimum Gasteiger partial charge on any atom is -0.381 e. The third kappa shape index (κ3) is 4.74. The molecule has 3 unspecified atom stereocenters. The number of carbonyl (C=O) groups excluding carboxylic acids is 1. The molecule has 2 heterocycles. The number of carbonyl (C=O) groups is 1. The van der Waals surface area contributed by atoms with Crippen LogP contribution in [0.5, 0.6) is 0 Å². The van der Waals surface area contributed by atoms with Gasteiger partial charge in [-0.05, 0) is 31.2 Å². The number of nitrogens with one attached hydrogen (secondary N) is 1. The molecule has 0 aliphatic carbocycles. The van der Waals surface area contributed by atoms with Crippen LogP contribution in [0.4, 0.5) is 0 Å². The van der Waals surface area contributed by atoms with Crippen LogP contribution in [0.3, 0.4) is 0 Å². The van der Waals surface area contributed by atoms with E-state index in [9.17, 15) is 4.79 Å². The first kappa shape index (κ1) is 17.8. The first-order chi connectivity index (χ1) is 11.7. The van der Waals surface area contributed by atoms with Crippen molar-refractivity contribution in [3.63, 3.8) is 0 Å². The lowest BCUT2D eigenvalue weighted by Gasteiger charge is -2.32. The van der Waals surface area contributed by atoms with Crippen molar-refractivity contribution in [3.8, 4) is 0 Å². The average Bonchev–Trinajstić information content (AvgIpc) is 3.15. The monoisotopic (exact) mass is 348 g/mol. The first-order valence-electron chi connectivity index (χ1n) is 8.99. The van der Waals surface area contributed by atoms with E-state index in [0.717, 1.165) is 50.7 Å². The zero-order valence-corrected chi connectivity index (χ0v) is 15.3. The summed E-state index contributed by atoms with van der Waals surface area (Å²) in [6.45, 7) is 5.71. The molecule has 0 saturated carbocycles. The van der Waals surface area contributed by atoms with Gasteiger partial charge in [-0.1, -0.05) is 30.3 Å². The molecule has 0 radical (unpaired) electrons. The van der Waals surface area contributed by atoms with Crippen molar-refractivity contribution in [2.24, 2.45) is 5.92 Å². The number of hydrogen-bond donors (Lipinski definition) is 1. The maximum Gasteiger partial charge on any atom is 0.237 e. The molecule has 2 fully saturated rings. The molecule has 0 spiro atoms. The summed E-state index contributed by atoms with van der Waals surface area (Å²) >= 11 is 1.97. The second-order valence-electron chi connectivity index (χ2n) is 6.76. The van der Waals surface area contributed by atoms with E-state index < -0.39 is 0 Å². The molecule has 132 valence electrons. The fourth-order valence-electron chi connectivity index (χ4n) is 3.49. The minimum atomic E-state index is -0.0584. The van der Waals surface area contributed by atoms with E-state index in [1.54, 1.807) is 0 Å². The summed E-state index contributed by atoms with van der Waals surface area (Å²) in [6.07, 6.45) is 2.05. The smallest absolute Gasteiger partial charge is 0.237 e. The van der Waals surface area contributed by atoms with Gasteiger partial charge in [0, 0.05) is 37.8 Å². The molecular formula is C19H28N2O2S. The van der Waals surface area contributed by atoms with Crippen LogP contribution in [0.2, 0.25) is 0 Å². The molecule has 3 rings (SSSR count).